The van der Waals surface area contributed by atoms with Crippen molar-refractivity contribution in [2.45, 2.75) is 18.1 Å². The Hall–Kier alpha value is -0.790. The molecule has 5 nitrogen and oxygen atoms in total. The second-order valence-electron chi connectivity index (χ2n) is 3.09. The average molecular weight is 210 g/mol. The molecule has 0 aromatic rings. The van der Waals surface area contributed by atoms with Crippen LogP contribution in [0.25, 0.3) is 0 Å². The number of hydrogen-bond donors (Lipinski definition) is 3. The fraction of sp³-hybridized carbons (Fsp3) is 0.857. The second-order valence-corrected chi connectivity index (χ2v) is 3.09. The number of hydrogen-bond acceptors (Lipinski definition) is 4. The molecule has 1 amide bonds. The molecule has 1 rings (SSSR count). The molecule has 0 aromatic heterocycles. The number of carbonyl (C=O) groups is 1. The van der Waals surface area contributed by atoms with Crippen LogP contribution in [-0.4, -0.2) is 48.8 Å². The summed E-state index contributed by atoms with van der Waals surface area (Å²) in [5.41, 5.74) is 4.71. The van der Waals surface area contributed by atoms with Gasteiger partial charge in [0.1, 0.15) is 0 Å². The Bertz CT molecular complexity index is 225. The van der Waals surface area contributed by atoms with Gasteiger partial charge in [0.05, 0.1) is 31.9 Å². The van der Waals surface area contributed by atoms with E-state index in [-0.39, 0.29) is 13.2 Å². The molecule has 1 saturated heterocycles. The zero-order chi connectivity index (χ0) is 10.8. The molecule has 0 bridgehead atoms. The summed E-state index contributed by atoms with van der Waals surface area (Å²) in [7, 11) is 0. The van der Waals surface area contributed by atoms with Gasteiger partial charge < -0.3 is 20.9 Å². The summed E-state index contributed by atoms with van der Waals surface area (Å²) < 4.78 is 30.1. The highest BCUT2D eigenvalue weighted by molar-refractivity contribution is 5.83. The average Bonchev–Trinajstić information content (AvgIpc) is 2.52. The number of amides is 1. The first kappa shape index (κ1) is 11.3. The molecule has 1 fully saturated rings. The van der Waals surface area contributed by atoms with Crippen LogP contribution in [0.3, 0.4) is 0 Å². The highest BCUT2D eigenvalue weighted by Crippen LogP contribution is 2.13. The summed E-state index contributed by atoms with van der Waals surface area (Å²) >= 11 is 0. The maximum Gasteiger partial charge on any atom is 0.336 e. The van der Waals surface area contributed by atoms with Crippen LogP contribution in [0.15, 0.2) is 0 Å². The van der Waals surface area contributed by atoms with Crippen LogP contribution in [-0.2, 0) is 9.53 Å². The number of aliphatic hydroxyl groups excluding tert-OH is 1. The highest BCUT2D eigenvalue weighted by atomic mass is 19.3. The van der Waals surface area contributed by atoms with E-state index >= 15 is 0 Å². The van der Waals surface area contributed by atoms with Gasteiger partial charge in [0.2, 0.25) is 0 Å². The first-order chi connectivity index (χ1) is 6.47. The minimum absolute atomic E-state index is 0.0353. The number of alkyl halides is 2. The molecular weight excluding hydrogens is 198 g/mol. The summed E-state index contributed by atoms with van der Waals surface area (Å²) in [6.07, 6.45) is -0.937. The molecule has 1 heterocycles. The van der Waals surface area contributed by atoms with Gasteiger partial charge in [0.15, 0.2) is 0 Å². The van der Waals surface area contributed by atoms with Gasteiger partial charge in [0, 0.05) is 0 Å². The van der Waals surface area contributed by atoms with Crippen molar-refractivity contribution in [1.82, 2.24) is 5.32 Å². The predicted octanol–water partition coefficient (Wildman–Crippen LogP) is -1.54. The molecule has 0 aromatic carbocycles. The third kappa shape index (κ3) is 2.37. The van der Waals surface area contributed by atoms with Crippen LogP contribution in [0.1, 0.15) is 0 Å². The molecule has 0 saturated carbocycles. The second kappa shape index (κ2) is 4.16. The monoisotopic (exact) mass is 210 g/mol. The lowest BCUT2D eigenvalue weighted by molar-refractivity contribution is -0.145. The summed E-state index contributed by atoms with van der Waals surface area (Å²) in [6.45, 7) is -0.977. The molecule has 14 heavy (non-hydrogen) atoms. The molecule has 1 aliphatic rings. The van der Waals surface area contributed by atoms with E-state index < -0.39 is 30.5 Å². The number of halogens is 2. The summed E-state index contributed by atoms with van der Waals surface area (Å²) in [4.78, 5) is 10.9. The Morgan fingerprint density at radius 2 is 2.29 bits per heavy atom. The lowest BCUT2D eigenvalue weighted by Crippen LogP contribution is -2.52. The largest absolute Gasteiger partial charge is 0.388 e. The summed E-state index contributed by atoms with van der Waals surface area (Å²) in [6, 6.07) is -0.778. The van der Waals surface area contributed by atoms with Gasteiger partial charge in [-0.3, -0.25) is 4.79 Å². The maximum absolute atomic E-state index is 12.7. The van der Waals surface area contributed by atoms with Crippen molar-refractivity contribution in [3.63, 3.8) is 0 Å². The lowest BCUT2D eigenvalue weighted by Gasteiger charge is -2.18. The maximum atomic E-state index is 12.7. The van der Waals surface area contributed by atoms with Crippen molar-refractivity contribution in [2.75, 3.05) is 19.8 Å². The molecule has 2 unspecified atom stereocenters. The van der Waals surface area contributed by atoms with Gasteiger partial charge in [-0.2, -0.15) is 8.78 Å². The summed E-state index contributed by atoms with van der Waals surface area (Å²) in [5.74, 6) is -5.07. The van der Waals surface area contributed by atoms with Crippen molar-refractivity contribution in [2.24, 2.45) is 5.73 Å². The van der Waals surface area contributed by atoms with Crippen LogP contribution < -0.4 is 11.1 Å². The van der Waals surface area contributed by atoms with E-state index in [1.807, 2.05) is 5.32 Å². The van der Waals surface area contributed by atoms with Gasteiger partial charge >= 0.3 is 5.92 Å². The van der Waals surface area contributed by atoms with Crippen LogP contribution in [0.5, 0.6) is 0 Å². The van der Waals surface area contributed by atoms with Gasteiger partial charge in [0.25, 0.3) is 5.91 Å². The third-order valence-electron chi connectivity index (χ3n) is 1.96. The standard InChI is InChI=1S/C7H12F2N2O3/c8-7(9,3-10)6(13)11-4-1-14-2-5(4)12/h4-5,12H,1-3,10H2,(H,11,13). The fourth-order valence-electron chi connectivity index (χ4n) is 1.05. The van der Waals surface area contributed by atoms with E-state index in [1.165, 1.54) is 0 Å². The minimum atomic E-state index is -3.59. The number of aliphatic hydroxyl groups is 1. The van der Waals surface area contributed by atoms with Crippen LogP contribution in [0.4, 0.5) is 8.78 Å². The number of carbonyl (C=O) groups excluding carboxylic acids is 1. The molecule has 0 aliphatic carbocycles. The van der Waals surface area contributed by atoms with Crippen molar-refractivity contribution in [1.29, 1.82) is 0 Å². The van der Waals surface area contributed by atoms with E-state index in [1.54, 1.807) is 0 Å². The zero-order valence-electron chi connectivity index (χ0n) is 7.37. The van der Waals surface area contributed by atoms with E-state index in [9.17, 15) is 13.6 Å². The highest BCUT2D eigenvalue weighted by Gasteiger charge is 2.40. The van der Waals surface area contributed by atoms with Gasteiger partial charge in [-0.15, -0.1) is 0 Å². The Balaban J connectivity index is 2.48. The molecule has 4 N–H and O–H groups in total. The third-order valence-corrected chi connectivity index (χ3v) is 1.96. The van der Waals surface area contributed by atoms with Crippen LogP contribution >= 0.6 is 0 Å². The number of nitrogens with one attached hydrogen (secondary N) is 1. The lowest BCUT2D eigenvalue weighted by atomic mass is 10.2. The Morgan fingerprint density at radius 1 is 1.64 bits per heavy atom. The molecule has 0 radical (unpaired) electrons. The Morgan fingerprint density at radius 3 is 2.71 bits per heavy atom. The van der Waals surface area contributed by atoms with E-state index in [4.69, 9.17) is 15.6 Å². The topological polar surface area (TPSA) is 84.6 Å². The van der Waals surface area contributed by atoms with Crippen molar-refractivity contribution < 1.29 is 23.4 Å². The Kier molecular flexibility index (Phi) is 3.35. The normalized spacial score (nSPS) is 27.7. The zero-order valence-corrected chi connectivity index (χ0v) is 7.37. The SMILES string of the molecule is NCC(F)(F)C(=O)NC1COCC1O. The van der Waals surface area contributed by atoms with E-state index in [2.05, 4.69) is 0 Å². The molecule has 82 valence electrons. The van der Waals surface area contributed by atoms with Crippen molar-refractivity contribution >= 4 is 5.91 Å². The fourth-order valence-corrected chi connectivity index (χ4v) is 1.05. The van der Waals surface area contributed by atoms with Crippen molar-refractivity contribution in [3.8, 4) is 0 Å². The molecular formula is C7H12F2N2O3. The quantitative estimate of drug-likeness (QED) is 0.527. The molecule has 2 atom stereocenters. The van der Waals surface area contributed by atoms with Gasteiger partial charge in [-0.25, -0.2) is 0 Å². The number of nitrogens with two attached hydrogens (primary N) is 1. The molecule has 1 aliphatic heterocycles. The summed E-state index contributed by atoms with van der Waals surface area (Å²) in [5, 5.41) is 11.1. The first-order valence-corrected chi connectivity index (χ1v) is 4.12. The van der Waals surface area contributed by atoms with Gasteiger partial charge in [-0.05, 0) is 0 Å². The molecule has 7 heteroatoms. The minimum Gasteiger partial charge on any atom is -0.388 e. The smallest absolute Gasteiger partial charge is 0.336 e. The van der Waals surface area contributed by atoms with Crippen LogP contribution in [0, 0.1) is 0 Å². The molecule has 0 spiro atoms. The van der Waals surface area contributed by atoms with E-state index in [0.717, 1.165) is 0 Å². The van der Waals surface area contributed by atoms with Crippen LogP contribution in [0.2, 0.25) is 0 Å². The first-order valence-electron chi connectivity index (χ1n) is 4.12. The predicted molar refractivity (Wildman–Crippen MR) is 42.8 cm³/mol. The van der Waals surface area contributed by atoms with Gasteiger partial charge in [-0.1, -0.05) is 0 Å². The number of rotatable bonds is 3. The van der Waals surface area contributed by atoms with E-state index in [0.29, 0.717) is 0 Å². The number of ether oxygens (including phenoxy) is 1. The Labute approximate surface area is 79.2 Å². The van der Waals surface area contributed by atoms with Crippen molar-refractivity contribution in [3.05, 3.63) is 0 Å².